The molecule has 1 fully saturated rings. The number of hydrogen-bond donors (Lipinski definition) is 1. The number of nitrogens with one attached hydrogen (secondary N) is 1. The van der Waals surface area contributed by atoms with Crippen LogP contribution in [0.15, 0.2) is 35.5 Å². The van der Waals surface area contributed by atoms with Crippen LogP contribution in [0.3, 0.4) is 0 Å². The largest absolute Gasteiger partial charge is 0.486 e. The van der Waals surface area contributed by atoms with Crippen molar-refractivity contribution in [1.29, 1.82) is 0 Å². The van der Waals surface area contributed by atoms with Gasteiger partial charge < -0.3 is 19.5 Å². The highest BCUT2D eigenvalue weighted by molar-refractivity contribution is 7.99. The molecule has 2 aromatic rings. The summed E-state index contributed by atoms with van der Waals surface area (Å²) < 4.78 is 7.98. The maximum atomic E-state index is 12.5. The van der Waals surface area contributed by atoms with Crippen molar-refractivity contribution in [3.63, 3.8) is 0 Å². The number of nitrogens with zero attached hydrogens (tertiary/aromatic N) is 4. The third kappa shape index (κ3) is 7.54. The van der Waals surface area contributed by atoms with Crippen molar-refractivity contribution in [3.05, 3.63) is 36.2 Å². The number of carbonyl (C=O) groups excluding carboxylic acids is 1. The summed E-state index contributed by atoms with van der Waals surface area (Å²) in [6.07, 6.45) is 3.07. The first-order valence-corrected chi connectivity index (χ1v) is 12.3. The smallest absolute Gasteiger partial charge is 0.230 e. The van der Waals surface area contributed by atoms with Gasteiger partial charge in [0.1, 0.15) is 12.4 Å². The van der Waals surface area contributed by atoms with E-state index in [2.05, 4.69) is 45.8 Å². The Labute approximate surface area is 189 Å². The molecule has 0 radical (unpaired) electrons. The van der Waals surface area contributed by atoms with Gasteiger partial charge in [0.05, 0.1) is 5.75 Å². The Kier molecular flexibility index (Phi) is 9.21. The van der Waals surface area contributed by atoms with Crippen LogP contribution in [-0.2, 0) is 17.9 Å². The highest BCUT2D eigenvalue weighted by Gasteiger charge is 2.20. The molecule has 0 aliphatic carbocycles. The SMILES string of the molecule is CCN1CCC(NC(=O)CSc2nnc(COc3ccccc3)n2CCC(C)C)CC1. The summed E-state index contributed by atoms with van der Waals surface area (Å²) in [4.78, 5) is 14.9. The fourth-order valence-corrected chi connectivity index (χ4v) is 4.40. The quantitative estimate of drug-likeness (QED) is 0.533. The standard InChI is InChI=1S/C23H35N5O2S/c1-4-27-13-11-19(12-14-27)24-22(29)17-31-23-26-25-21(28(23)15-10-18(2)3)16-30-20-8-6-5-7-9-20/h5-9,18-19H,4,10-17H2,1-3H3,(H,24,29). The van der Waals surface area contributed by atoms with Gasteiger partial charge in [0, 0.05) is 25.7 Å². The Balaban J connectivity index is 1.55. The van der Waals surface area contributed by atoms with E-state index in [1.165, 1.54) is 11.8 Å². The molecule has 8 heteroatoms. The molecule has 2 heterocycles. The molecule has 1 aromatic carbocycles. The first-order chi connectivity index (χ1) is 15.0. The summed E-state index contributed by atoms with van der Waals surface area (Å²) in [7, 11) is 0. The summed E-state index contributed by atoms with van der Waals surface area (Å²) in [6, 6.07) is 10.0. The molecule has 0 atom stereocenters. The van der Waals surface area contributed by atoms with E-state index in [0.717, 1.165) is 62.2 Å². The summed E-state index contributed by atoms with van der Waals surface area (Å²) >= 11 is 1.45. The van der Waals surface area contributed by atoms with Crippen molar-refractivity contribution < 1.29 is 9.53 Å². The molecule has 1 saturated heterocycles. The average Bonchev–Trinajstić information content (AvgIpc) is 3.17. The van der Waals surface area contributed by atoms with E-state index in [9.17, 15) is 4.79 Å². The molecule has 0 spiro atoms. The van der Waals surface area contributed by atoms with Crippen LogP contribution < -0.4 is 10.1 Å². The minimum Gasteiger partial charge on any atom is -0.486 e. The first kappa shape index (κ1) is 23.6. The predicted octanol–water partition coefficient (Wildman–Crippen LogP) is 3.60. The van der Waals surface area contributed by atoms with Crippen molar-refractivity contribution in [2.75, 3.05) is 25.4 Å². The second kappa shape index (κ2) is 12.1. The average molecular weight is 446 g/mol. The fraction of sp³-hybridized carbons (Fsp3) is 0.609. The zero-order chi connectivity index (χ0) is 22.1. The topological polar surface area (TPSA) is 72.3 Å². The van der Waals surface area contributed by atoms with Crippen molar-refractivity contribution in [1.82, 2.24) is 25.0 Å². The maximum absolute atomic E-state index is 12.5. The van der Waals surface area contributed by atoms with Crippen molar-refractivity contribution in [2.24, 2.45) is 5.92 Å². The minimum atomic E-state index is 0.0699. The number of thioether (sulfide) groups is 1. The lowest BCUT2D eigenvalue weighted by atomic mass is 10.1. The second-order valence-corrected chi connectivity index (χ2v) is 9.34. The molecule has 170 valence electrons. The third-order valence-electron chi connectivity index (χ3n) is 5.57. The van der Waals surface area contributed by atoms with Gasteiger partial charge in [0.15, 0.2) is 11.0 Å². The number of piperidine rings is 1. The van der Waals surface area contributed by atoms with E-state index < -0.39 is 0 Å². The van der Waals surface area contributed by atoms with E-state index in [-0.39, 0.29) is 11.9 Å². The monoisotopic (exact) mass is 445 g/mol. The summed E-state index contributed by atoms with van der Waals surface area (Å²) in [6.45, 7) is 11.0. The lowest BCUT2D eigenvalue weighted by Crippen LogP contribution is -2.45. The van der Waals surface area contributed by atoms with Crippen LogP contribution in [0.5, 0.6) is 5.75 Å². The molecule has 31 heavy (non-hydrogen) atoms. The van der Waals surface area contributed by atoms with Crippen LogP contribution in [0.1, 0.15) is 45.9 Å². The Bertz CT molecular complexity index is 804. The fourth-order valence-electron chi connectivity index (χ4n) is 3.60. The molecular formula is C23H35N5O2S. The maximum Gasteiger partial charge on any atom is 0.230 e. The highest BCUT2D eigenvalue weighted by Crippen LogP contribution is 2.20. The molecule has 0 saturated carbocycles. The van der Waals surface area contributed by atoms with E-state index in [1.54, 1.807) is 0 Å². The van der Waals surface area contributed by atoms with Gasteiger partial charge in [-0.15, -0.1) is 10.2 Å². The molecule has 1 aromatic heterocycles. The third-order valence-corrected chi connectivity index (χ3v) is 6.53. The Hall–Kier alpha value is -2.06. The number of rotatable bonds is 11. The number of ether oxygens (including phenoxy) is 1. The van der Waals surface area contributed by atoms with Gasteiger partial charge in [-0.2, -0.15) is 0 Å². The van der Waals surface area contributed by atoms with E-state index in [0.29, 0.717) is 18.3 Å². The molecule has 1 N–H and O–H groups in total. The van der Waals surface area contributed by atoms with E-state index >= 15 is 0 Å². The summed E-state index contributed by atoms with van der Waals surface area (Å²) in [5.41, 5.74) is 0. The molecule has 0 bridgehead atoms. The first-order valence-electron chi connectivity index (χ1n) is 11.3. The molecule has 1 aliphatic rings. The van der Waals surface area contributed by atoms with Crippen LogP contribution in [0.4, 0.5) is 0 Å². The number of hydrogen-bond acceptors (Lipinski definition) is 6. The summed E-state index contributed by atoms with van der Waals surface area (Å²) in [5, 5.41) is 12.7. The Morgan fingerprint density at radius 2 is 1.97 bits per heavy atom. The summed E-state index contributed by atoms with van der Waals surface area (Å²) in [5.74, 6) is 2.59. The van der Waals surface area contributed by atoms with Gasteiger partial charge in [0.2, 0.25) is 5.91 Å². The van der Waals surface area contributed by atoms with Crippen LogP contribution >= 0.6 is 11.8 Å². The van der Waals surface area contributed by atoms with Gasteiger partial charge in [-0.05, 0) is 43.9 Å². The molecule has 7 nitrogen and oxygen atoms in total. The van der Waals surface area contributed by atoms with E-state index in [4.69, 9.17) is 4.74 Å². The predicted molar refractivity (Wildman–Crippen MR) is 124 cm³/mol. The van der Waals surface area contributed by atoms with Crippen LogP contribution in [0.25, 0.3) is 0 Å². The zero-order valence-electron chi connectivity index (χ0n) is 18.9. The van der Waals surface area contributed by atoms with Gasteiger partial charge in [-0.25, -0.2) is 0 Å². The van der Waals surface area contributed by atoms with E-state index in [1.807, 2.05) is 30.3 Å². The minimum absolute atomic E-state index is 0.0699. The highest BCUT2D eigenvalue weighted by atomic mass is 32.2. The molecule has 1 amide bonds. The molecular weight excluding hydrogens is 410 g/mol. The van der Waals surface area contributed by atoms with Crippen molar-refractivity contribution >= 4 is 17.7 Å². The molecule has 1 aliphatic heterocycles. The number of para-hydroxylation sites is 1. The molecule has 0 unspecified atom stereocenters. The van der Waals surface area contributed by atoms with Gasteiger partial charge >= 0.3 is 0 Å². The number of amides is 1. The van der Waals surface area contributed by atoms with Crippen LogP contribution in [-0.4, -0.2) is 57.0 Å². The Morgan fingerprint density at radius 1 is 1.23 bits per heavy atom. The van der Waals surface area contributed by atoms with Crippen LogP contribution in [0.2, 0.25) is 0 Å². The molecule has 3 rings (SSSR count). The number of aromatic nitrogens is 3. The van der Waals surface area contributed by atoms with Gasteiger partial charge in [-0.3, -0.25) is 4.79 Å². The lowest BCUT2D eigenvalue weighted by Gasteiger charge is -2.31. The van der Waals surface area contributed by atoms with Gasteiger partial charge in [-0.1, -0.05) is 50.7 Å². The number of likely N-dealkylation sites (tertiary alicyclic amines) is 1. The normalized spacial score (nSPS) is 15.4. The lowest BCUT2D eigenvalue weighted by molar-refractivity contribution is -0.119. The zero-order valence-corrected chi connectivity index (χ0v) is 19.7. The number of carbonyl (C=O) groups is 1. The second-order valence-electron chi connectivity index (χ2n) is 8.40. The van der Waals surface area contributed by atoms with Crippen LogP contribution in [0, 0.1) is 5.92 Å². The van der Waals surface area contributed by atoms with Crippen molar-refractivity contribution in [2.45, 2.75) is 64.4 Å². The Morgan fingerprint density at radius 3 is 2.65 bits per heavy atom. The van der Waals surface area contributed by atoms with Crippen molar-refractivity contribution in [3.8, 4) is 5.75 Å². The van der Waals surface area contributed by atoms with Gasteiger partial charge in [0.25, 0.3) is 0 Å². The number of benzene rings is 1.